The first-order valence-corrected chi connectivity index (χ1v) is 33.7. The Morgan fingerprint density at radius 1 is 0.817 bits per heavy atom. The van der Waals surface area contributed by atoms with Crippen LogP contribution in [0.3, 0.4) is 0 Å². The van der Waals surface area contributed by atoms with Crippen LogP contribution >= 0.6 is 35.8 Å². The summed E-state index contributed by atoms with van der Waals surface area (Å²) in [6.45, 7) is 13.9. The number of rotatable bonds is 20. The Kier molecular flexibility index (Phi) is 21.9. The van der Waals surface area contributed by atoms with E-state index in [0.29, 0.717) is 102 Å². The van der Waals surface area contributed by atoms with E-state index in [-0.39, 0.29) is 28.6 Å². The number of nitrogens with zero attached hydrogens (tertiary/aromatic N) is 5. The summed E-state index contributed by atoms with van der Waals surface area (Å²) in [6, 6.07) is 25.7. The molecule has 25 heteroatoms. The lowest BCUT2D eigenvalue weighted by Crippen LogP contribution is -2.54. The van der Waals surface area contributed by atoms with Gasteiger partial charge in [0.05, 0.1) is 22.4 Å². The Hall–Kier alpha value is -3.98. The zero-order chi connectivity index (χ0) is 57.4. The number of allylic oxidation sites excluding steroid dienone is 1. The number of carbonyl (C=O) groups is 1. The van der Waals surface area contributed by atoms with Crippen molar-refractivity contribution in [3.05, 3.63) is 119 Å². The third-order valence-corrected chi connectivity index (χ3v) is 23.0. The van der Waals surface area contributed by atoms with Crippen LogP contribution in [0.15, 0.2) is 117 Å². The van der Waals surface area contributed by atoms with Crippen molar-refractivity contribution in [2.45, 2.75) is 83.4 Å². The molecule has 5 aliphatic rings. The molecule has 0 saturated carbocycles. The van der Waals surface area contributed by atoms with Crippen LogP contribution in [0.1, 0.15) is 67.8 Å². The zero-order valence-corrected chi connectivity index (χ0v) is 51.0. The van der Waals surface area contributed by atoms with Crippen molar-refractivity contribution in [3.63, 3.8) is 0 Å². The SMILES string of the molecule is CC1(CN2CCN(S(=O)(=O)C3CCNCC3)CC2)CCC(c2ccc(Cl)cc2)=C(CN2CCN(c3ccc(C(=O)NS(=O)(=O)c4ccc(NC(CCN5CCCOCC5)CSc5ccccc5)c(S(=O)(=O)C(F)(F)F)c4)cc3)CC2)C1.Cl. The minimum atomic E-state index is -6.09. The number of piperazine rings is 2. The predicted octanol–water partition coefficient (Wildman–Crippen LogP) is 8.32. The second kappa shape index (κ2) is 28.0. The van der Waals surface area contributed by atoms with Crippen LogP contribution in [-0.2, 0) is 34.6 Å². The van der Waals surface area contributed by atoms with Crippen LogP contribution in [0.5, 0.6) is 0 Å². The molecule has 2 unspecified atom stereocenters. The maximum Gasteiger partial charge on any atom is 0.501 e. The van der Waals surface area contributed by atoms with Gasteiger partial charge in [0.15, 0.2) is 0 Å². The number of halogens is 5. The molecular weight excluding hydrogens is 1180 g/mol. The Morgan fingerprint density at radius 3 is 2.18 bits per heavy atom. The van der Waals surface area contributed by atoms with Gasteiger partial charge in [-0.2, -0.15) is 17.5 Å². The minimum absolute atomic E-state index is 0. The van der Waals surface area contributed by atoms with Crippen molar-refractivity contribution < 1.29 is 48.0 Å². The summed E-state index contributed by atoms with van der Waals surface area (Å²) >= 11 is 7.78. The van der Waals surface area contributed by atoms with E-state index in [0.717, 1.165) is 99.8 Å². The molecule has 4 aliphatic heterocycles. The number of nitrogens with one attached hydrogen (secondary N) is 3. The molecular formula is C57H75Cl2F3N8O8S4. The Bertz CT molecular complexity index is 3160. The van der Waals surface area contributed by atoms with E-state index in [1.165, 1.54) is 35.0 Å². The van der Waals surface area contributed by atoms with Gasteiger partial charge in [0.25, 0.3) is 25.8 Å². The summed E-state index contributed by atoms with van der Waals surface area (Å²) in [5.74, 6) is -0.688. The third-order valence-electron chi connectivity index (χ3n) is 16.3. The van der Waals surface area contributed by atoms with Crippen LogP contribution < -0.4 is 20.3 Å². The number of thioether (sulfide) groups is 1. The number of anilines is 2. The second-order valence-electron chi connectivity index (χ2n) is 22.2. The van der Waals surface area contributed by atoms with Gasteiger partial charge in [-0.3, -0.25) is 9.69 Å². The average Bonchev–Trinajstić information content (AvgIpc) is 3.76. The molecule has 1 amide bonds. The maximum absolute atomic E-state index is 14.3. The van der Waals surface area contributed by atoms with E-state index in [4.69, 9.17) is 16.3 Å². The standard InChI is InChI=1S/C57H74ClF3N8O8S4.ClH/c1-56(42-67-29-33-69(34-30-67)81(75,76)50-19-23-62-24-20-50)22-18-52(43-8-12-46(58)13-9-43)45(39-56)40-66-27-31-68(32-28-66)48-14-10-44(11-15-48)55(70)64-80(73,74)51-16-17-53(54(38-51)79(71,72)57(59,60)61)63-47(41-78-49-6-3-2-4-7-49)21-26-65-25-5-36-77-37-35-65;/h2-4,6-17,38,47,50,62-63H,5,18-37,39-42H2,1H3,(H,64,70);1H. The second-order valence-corrected chi connectivity index (χ2v) is 29.5. The summed E-state index contributed by atoms with van der Waals surface area (Å²) in [5.41, 5.74) is -1.51. The fraction of sp³-hybridized carbons (Fsp3) is 0.526. The lowest BCUT2D eigenvalue weighted by atomic mass is 9.71. The molecule has 4 fully saturated rings. The topological polar surface area (TPSA) is 181 Å². The minimum Gasteiger partial charge on any atom is -0.380 e. The van der Waals surface area contributed by atoms with Crippen LogP contribution in [0.25, 0.3) is 5.57 Å². The monoisotopic (exact) mass is 1250 g/mol. The maximum atomic E-state index is 14.3. The lowest BCUT2D eigenvalue weighted by molar-refractivity contribution is -0.0436. The molecule has 4 aromatic rings. The number of amides is 1. The summed E-state index contributed by atoms with van der Waals surface area (Å²) in [5, 5.41) is 6.66. The third kappa shape index (κ3) is 16.3. The molecule has 4 aromatic carbocycles. The number of hydrogen-bond donors (Lipinski definition) is 3. The van der Waals surface area contributed by atoms with E-state index >= 15 is 0 Å². The van der Waals surface area contributed by atoms with Crippen LogP contribution in [0.4, 0.5) is 24.5 Å². The normalized spacial score (nSPS) is 21.4. The van der Waals surface area contributed by atoms with E-state index in [2.05, 4.69) is 49.3 Å². The van der Waals surface area contributed by atoms with E-state index < -0.39 is 62.8 Å². The molecule has 16 nitrogen and oxygen atoms in total. The highest BCUT2D eigenvalue weighted by Gasteiger charge is 2.49. The molecule has 9 rings (SSSR count). The lowest BCUT2D eigenvalue weighted by Gasteiger charge is -2.44. The number of alkyl halides is 3. The molecule has 3 N–H and O–H groups in total. The zero-order valence-electron chi connectivity index (χ0n) is 46.1. The molecule has 0 aromatic heterocycles. The highest BCUT2D eigenvalue weighted by Crippen LogP contribution is 2.44. The van der Waals surface area contributed by atoms with Crippen LogP contribution in [0.2, 0.25) is 5.02 Å². The Morgan fingerprint density at radius 2 is 1.50 bits per heavy atom. The van der Waals surface area contributed by atoms with Crippen molar-refractivity contribution in [2.75, 3.05) is 127 Å². The van der Waals surface area contributed by atoms with Gasteiger partial charge in [0.2, 0.25) is 10.0 Å². The molecule has 450 valence electrons. The van der Waals surface area contributed by atoms with Gasteiger partial charge >= 0.3 is 5.51 Å². The van der Waals surface area contributed by atoms with Crippen molar-refractivity contribution >= 4 is 88.5 Å². The summed E-state index contributed by atoms with van der Waals surface area (Å²) in [7, 11) is -14.3. The first kappa shape index (κ1) is 64.0. The number of hydrogen-bond acceptors (Lipinski definition) is 15. The van der Waals surface area contributed by atoms with Gasteiger partial charge in [0.1, 0.15) is 4.90 Å². The number of ether oxygens (including phenoxy) is 1. The van der Waals surface area contributed by atoms with Crippen molar-refractivity contribution in [3.8, 4) is 0 Å². The molecule has 1 aliphatic carbocycles. The van der Waals surface area contributed by atoms with Gasteiger partial charge in [-0.05, 0) is 141 Å². The quantitative estimate of drug-likeness (QED) is 0.0719. The number of benzene rings is 4. The first-order valence-electron chi connectivity index (χ1n) is 27.9. The molecule has 0 bridgehead atoms. The van der Waals surface area contributed by atoms with Crippen molar-refractivity contribution in [1.29, 1.82) is 0 Å². The molecule has 0 radical (unpaired) electrons. The van der Waals surface area contributed by atoms with Gasteiger partial charge in [-0.1, -0.05) is 54.4 Å². The average molecular weight is 1260 g/mol. The van der Waals surface area contributed by atoms with E-state index in [9.17, 15) is 43.2 Å². The fourth-order valence-electron chi connectivity index (χ4n) is 11.7. The largest absolute Gasteiger partial charge is 0.501 e. The van der Waals surface area contributed by atoms with E-state index in [1.54, 1.807) is 16.4 Å². The van der Waals surface area contributed by atoms with Crippen LogP contribution in [0, 0.1) is 5.41 Å². The van der Waals surface area contributed by atoms with Gasteiger partial charge in [0, 0.05) is 125 Å². The van der Waals surface area contributed by atoms with Crippen molar-refractivity contribution in [1.82, 2.24) is 29.0 Å². The van der Waals surface area contributed by atoms with Gasteiger partial charge < -0.3 is 30.1 Å². The van der Waals surface area contributed by atoms with Gasteiger partial charge in [-0.25, -0.2) is 30.0 Å². The van der Waals surface area contributed by atoms with Crippen LogP contribution in [-0.4, -0.2) is 184 Å². The first-order chi connectivity index (χ1) is 38.7. The Labute approximate surface area is 497 Å². The highest BCUT2D eigenvalue weighted by atomic mass is 35.5. The molecule has 0 spiro atoms. The number of sulfonamides is 2. The number of carbonyl (C=O) groups excluding carboxylic acids is 1. The molecule has 4 saturated heterocycles. The summed E-state index contributed by atoms with van der Waals surface area (Å²) in [6.07, 6.45) is 5.37. The Balaban J connectivity index is 0.00000880. The fourth-order valence-corrected chi connectivity index (χ4v) is 16.8. The predicted molar refractivity (Wildman–Crippen MR) is 321 cm³/mol. The van der Waals surface area contributed by atoms with E-state index in [1.807, 2.05) is 47.2 Å². The smallest absolute Gasteiger partial charge is 0.380 e. The number of piperidine rings is 1. The van der Waals surface area contributed by atoms with Crippen molar-refractivity contribution in [2.24, 2.45) is 5.41 Å². The molecule has 82 heavy (non-hydrogen) atoms. The molecule has 4 heterocycles. The highest BCUT2D eigenvalue weighted by molar-refractivity contribution is 7.99. The summed E-state index contributed by atoms with van der Waals surface area (Å²) in [4.78, 5) is 21.6. The molecule has 2 atom stereocenters. The number of sulfone groups is 1. The van der Waals surface area contributed by atoms with Gasteiger partial charge in [-0.15, -0.1) is 24.2 Å². The summed E-state index contributed by atoms with van der Waals surface area (Å²) < 4.78 is 133.